The van der Waals surface area contributed by atoms with Gasteiger partial charge in [-0.1, -0.05) is 5.16 Å². The van der Waals surface area contributed by atoms with Gasteiger partial charge in [0, 0.05) is 31.8 Å². The van der Waals surface area contributed by atoms with E-state index >= 15 is 0 Å². The van der Waals surface area contributed by atoms with E-state index in [0.29, 0.717) is 18.3 Å². The van der Waals surface area contributed by atoms with Gasteiger partial charge >= 0.3 is 0 Å². The van der Waals surface area contributed by atoms with Crippen LogP contribution in [0.2, 0.25) is 0 Å². The maximum Gasteiger partial charge on any atom is 0.255 e. The first kappa shape index (κ1) is 15.9. The average Bonchev–Trinajstić information content (AvgIpc) is 3.19. The molecule has 2 aliphatic rings. The fourth-order valence-electron chi connectivity index (χ4n) is 3.28. The number of aromatic nitrogens is 2. The van der Waals surface area contributed by atoms with Crippen LogP contribution in [0.25, 0.3) is 0 Å². The minimum absolute atomic E-state index is 0.0363. The Bertz CT molecular complexity index is 467. The Balaban J connectivity index is 1.55. The predicted molar refractivity (Wildman–Crippen MR) is 78.1 cm³/mol. The van der Waals surface area contributed by atoms with Crippen molar-refractivity contribution < 1.29 is 19.1 Å². The summed E-state index contributed by atoms with van der Waals surface area (Å²) in [6, 6.07) is 0. The average molecular weight is 311 g/mol. The van der Waals surface area contributed by atoms with Crippen molar-refractivity contribution in [1.29, 1.82) is 0 Å². The number of ether oxygens (including phenoxy) is 2. The molecule has 3 heterocycles. The van der Waals surface area contributed by atoms with Gasteiger partial charge in [-0.3, -0.25) is 4.90 Å². The van der Waals surface area contributed by atoms with Gasteiger partial charge in [0.2, 0.25) is 0 Å². The van der Waals surface area contributed by atoms with Crippen LogP contribution in [-0.4, -0.2) is 60.2 Å². The lowest BCUT2D eigenvalue weighted by atomic mass is 9.80. The molecule has 2 aliphatic heterocycles. The molecule has 22 heavy (non-hydrogen) atoms. The highest BCUT2D eigenvalue weighted by molar-refractivity contribution is 4.93. The van der Waals surface area contributed by atoms with Gasteiger partial charge in [0.05, 0.1) is 13.2 Å². The Morgan fingerprint density at radius 2 is 2.14 bits per heavy atom. The van der Waals surface area contributed by atoms with E-state index < -0.39 is 0 Å². The molecule has 0 spiro atoms. The highest BCUT2D eigenvalue weighted by atomic mass is 16.5. The first-order valence-corrected chi connectivity index (χ1v) is 8.02. The molecule has 0 saturated carbocycles. The molecular weight excluding hydrogens is 286 g/mol. The largest absolute Gasteiger partial charge is 0.396 e. The minimum atomic E-state index is -0.0753. The van der Waals surface area contributed by atoms with Crippen molar-refractivity contribution in [2.45, 2.75) is 38.3 Å². The third kappa shape index (κ3) is 3.65. The summed E-state index contributed by atoms with van der Waals surface area (Å²) in [4.78, 5) is 6.59. The fourth-order valence-corrected chi connectivity index (χ4v) is 3.28. The lowest BCUT2D eigenvalue weighted by Crippen LogP contribution is -2.42. The zero-order chi connectivity index (χ0) is 15.4. The van der Waals surface area contributed by atoms with E-state index in [9.17, 15) is 5.11 Å². The summed E-state index contributed by atoms with van der Waals surface area (Å²) >= 11 is 0. The van der Waals surface area contributed by atoms with Gasteiger partial charge in [-0.15, -0.1) is 0 Å². The first-order valence-electron chi connectivity index (χ1n) is 8.02. The van der Waals surface area contributed by atoms with Gasteiger partial charge in [-0.2, -0.15) is 4.98 Å². The Labute approximate surface area is 130 Å². The van der Waals surface area contributed by atoms with E-state index in [2.05, 4.69) is 15.0 Å². The Kier molecular flexibility index (Phi) is 5.07. The van der Waals surface area contributed by atoms with Crippen LogP contribution in [-0.2, 0) is 16.0 Å². The van der Waals surface area contributed by atoms with E-state index in [4.69, 9.17) is 14.0 Å². The van der Waals surface area contributed by atoms with Crippen LogP contribution in [0.1, 0.15) is 43.5 Å². The monoisotopic (exact) mass is 311 g/mol. The summed E-state index contributed by atoms with van der Waals surface area (Å²) < 4.78 is 16.3. The van der Waals surface area contributed by atoms with Crippen LogP contribution in [0.15, 0.2) is 4.52 Å². The molecule has 1 atom stereocenters. The highest BCUT2D eigenvalue weighted by Crippen LogP contribution is 2.31. The molecule has 3 rings (SSSR count). The van der Waals surface area contributed by atoms with E-state index in [1.54, 1.807) is 0 Å². The summed E-state index contributed by atoms with van der Waals surface area (Å²) in [6.07, 6.45) is 3.74. The van der Waals surface area contributed by atoms with E-state index in [1.165, 1.54) is 0 Å². The van der Waals surface area contributed by atoms with Crippen LogP contribution in [0.5, 0.6) is 0 Å². The molecule has 0 aromatic carbocycles. The maximum absolute atomic E-state index is 9.76. The van der Waals surface area contributed by atoms with Crippen molar-refractivity contribution in [2.24, 2.45) is 5.41 Å². The first-order chi connectivity index (χ1) is 10.7. The molecule has 0 amide bonds. The molecule has 124 valence electrons. The summed E-state index contributed by atoms with van der Waals surface area (Å²) in [5.74, 6) is 1.26. The SMILES string of the molecule is CN(Cc1noc([C@@H]2CCCO2)n1)CC1(CO)CCOCC1. The van der Waals surface area contributed by atoms with Crippen LogP contribution in [0, 0.1) is 5.41 Å². The quantitative estimate of drug-likeness (QED) is 0.843. The number of aliphatic hydroxyl groups excluding tert-OH is 1. The topological polar surface area (TPSA) is 80.9 Å². The summed E-state index contributed by atoms with van der Waals surface area (Å²) in [5, 5.41) is 13.8. The fraction of sp³-hybridized carbons (Fsp3) is 0.867. The number of hydrogen-bond acceptors (Lipinski definition) is 7. The van der Waals surface area contributed by atoms with Gasteiger partial charge in [-0.05, 0) is 32.7 Å². The summed E-state index contributed by atoms with van der Waals surface area (Å²) in [5.41, 5.74) is -0.0753. The van der Waals surface area contributed by atoms with Crippen molar-refractivity contribution >= 4 is 0 Å². The summed E-state index contributed by atoms with van der Waals surface area (Å²) in [7, 11) is 2.02. The summed E-state index contributed by atoms with van der Waals surface area (Å²) in [6.45, 7) is 3.81. The van der Waals surface area contributed by atoms with Gasteiger partial charge in [0.15, 0.2) is 5.82 Å². The van der Waals surface area contributed by atoms with E-state index in [-0.39, 0.29) is 18.1 Å². The Morgan fingerprint density at radius 1 is 1.32 bits per heavy atom. The third-order valence-corrected chi connectivity index (χ3v) is 4.59. The zero-order valence-electron chi connectivity index (χ0n) is 13.2. The molecular formula is C15H25N3O4. The predicted octanol–water partition coefficient (Wildman–Crippen LogP) is 1.14. The van der Waals surface area contributed by atoms with Crippen molar-refractivity contribution in [3.05, 3.63) is 11.7 Å². The number of rotatable bonds is 6. The van der Waals surface area contributed by atoms with Crippen molar-refractivity contribution in [3.8, 4) is 0 Å². The standard InChI is InChI=1S/C15H25N3O4/c1-18(10-15(11-19)4-7-20-8-5-15)9-13-16-14(22-17-13)12-3-2-6-21-12/h12,19H,2-11H2,1H3/t12-/m0/s1. The molecule has 7 heteroatoms. The van der Waals surface area contributed by atoms with Crippen molar-refractivity contribution in [3.63, 3.8) is 0 Å². The molecule has 1 N–H and O–H groups in total. The van der Waals surface area contributed by atoms with Gasteiger partial charge < -0.3 is 19.1 Å². The molecule has 0 aliphatic carbocycles. The normalized spacial score (nSPS) is 25.0. The Hall–Kier alpha value is -1.02. The molecule has 1 aromatic rings. The van der Waals surface area contributed by atoms with Gasteiger partial charge in [0.25, 0.3) is 5.89 Å². The molecule has 0 unspecified atom stereocenters. The second kappa shape index (κ2) is 7.04. The zero-order valence-corrected chi connectivity index (χ0v) is 13.2. The molecule has 0 bridgehead atoms. The van der Waals surface area contributed by atoms with Gasteiger partial charge in [-0.25, -0.2) is 0 Å². The van der Waals surface area contributed by atoms with E-state index in [0.717, 1.165) is 52.0 Å². The van der Waals surface area contributed by atoms with Crippen molar-refractivity contribution in [2.75, 3.05) is 40.0 Å². The molecule has 7 nitrogen and oxygen atoms in total. The highest BCUT2D eigenvalue weighted by Gasteiger charge is 2.33. The lowest BCUT2D eigenvalue weighted by Gasteiger charge is -2.38. The van der Waals surface area contributed by atoms with Gasteiger partial charge in [0.1, 0.15) is 6.10 Å². The van der Waals surface area contributed by atoms with Crippen LogP contribution in [0.4, 0.5) is 0 Å². The molecule has 1 aromatic heterocycles. The third-order valence-electron chi connectivity index (χ3n) is 4.59. The second-order valence-electron chi connectivity index (χ2n) is 6.49. The molecule has 0 radical (unpaired) electrons. The number of nitrogens with zero attached hydrogens (tertiary/aromatic N) is 3. The van der Waals surface area contributed by atoms with Crippen LogP contribution in [0.3, 0.4) is 0 Å². The molecule has 2 saturated heterocycles. The van der Waals surface area contributed by atoms with E-state index in [1.807, 2.05) is 7.05 Å². The smallest absolute Gasteiger partial charge is 0.255 e. The van der Waals surface area contributed by atoms with Crippen molar-refractivity contribution in [1.82, 2.24) is 15.0 Å². The number of aliphatic hydroxyl groups is 1. The molecule has 2 fully saturated rings. The second-order valence-corrected chi connectivity index (χ2v) is 6.49. The minimum Gasteiger partial charge on any atom is -0.396 e. The lowest BCUT2D eigenvalue weighted by molar-refractivity contribution is -0.0321. The van der Waals surface area contributed by atoms with Crippen LogP contribution >= 0.6 is 0 Å². The Morgan fingerprint density at radius 3 is 2.82 bits per heavy atom. The maximum atomic E-state index is 9.76. The number of hydrogen-bond donors (Lipinski definition) is 1. The van der Waals surface area contributed by atoms with Crippen LogP contribution < -0.4 is 0 Å².